The van der Waals surface area contributed by atoms with Gasteiger partial charge in [0.2, 0.25) is 0 Å². The number of alkyl halides is 1. The smallest absolute Gasteiger partial charge is 0.0588 e. The van der Waals surface area contributed by atoms with Crippen LogP contribution in [-0.2, 0) is 0 Å². The second kappa shape index (κ2) is 6.79. The molecule has 0 bridgehead atoms. The lowest BCUT2D eigenvalue weighted by Crippen LogP contribution is -2.08. The molecular weight excluding hydrogens is 252 g/mol. The number of halogens is 1. The minimum absolute atomic E-state index is 0.135. The minimum Gasteiger partial charge on any atom is -0.118 e. The van der Waals surface area contributed by atoms with Crippen molar-refractivity contribution >= 4 is 11.6 Å². The Labute approximate surface area is 124 Å². The fraction of sp³-hybridized carbons (Fsp3) is 0.667. The molecule has 0 aliphatic rings. The summed E-state index contributed by atoms with van der Waals surface area (Å²) in [5.41, 5.74) is 5.71. The van der Waals surface area contributed by atoms with Gasteiger partial charge in [-0.15, -0.1) is 11.6 Å². The maximum Gasteiger partial charge on any atom is 0.0588 e. The molecule has 0 aromatic heterocycles. The molecule has 1 unspecified atom stereocenters. The van der Waals surface area contributed by atoms with Crippen LogP contribution in [0.5, 0.6) is 0 Å². The van der Waals surface area contributed by atoms with Crippen LogP contribution < -0.4 is 0 Å². The van der Waals surface area contributed by atoms with Crippen LogP contribution in [0.15, 0.2) is 12.1 Å². The van der Waals surface area contributed by atoms with Crippen molar-refractivity contribution in [3.63, 3.8) is 0 Å². The van der Waals surface area contributed by atoms with Gasteiger partial charge in [0.1, 0.15) is 0 Å². The average molecular weight is 281 g/mol. The topological polar surface area (TPSA) is 0 Å². The van der Waals surface area contributed by atoms with Gasteiger partial charge in [-0.05, 0) is 46.4 Å². The molecule has 0 aliphatic heterocycles. The summed E-state index contributed by atoms with van der Waals surface area (Å²) >= 11 is 6.62. The molecule has 0 aliphatic carbocycles. The van der Waals surface area contributed by atoms with E-state index < -0.39 is 0 Å². The summed E-state index contributed by atoms with van der Waals surface area (Å²) in [4.78, 5) is 0. The first kappa shape index (κ1) is 16.6. The zero-order chi connectivity index (χ0) is 14.7. The zero-order valence-corrected chi connectivity index (χ0v) is 14.3. The number of benzene rings is 1. The predicted molar refractivity (Wildman–Crippen MR) is 87.6 cm³/mol. The van der Waals surface area contributed by atoms with Crippen molar-refractivity contribution in [2.45, 2.75) is 78.0 Å². The Balaban J connectivity index is 3.55. The Bertz CT molecular complexity index is 387. The van der Waals surface area contributed by atoms with E-state index in [0.717, 1.165) is 6.42 Å². The second-order valence-corrected chi connectivity index (χ2v) is 6.98. The predicted octanol–water partition coefficient (Wildman–Crippen LogP) is 6.75. The van der Waals surface area contributed by atoms with E-state index in [9.17, 15) is 0 Å². The molecule has 1 aromatic rings. The second-order valence-electron chi connectivity index (χ2n) is 6.45. The monoisotopic (exact) mass is 280 g/mol. The lowest BCUT2D eigenvalue weighted by Gasteiger charge is -2.25. The lowest BCUT2D eigenvalue weighted by molar-refractivity contribution is 0.751. The quantitative estimate of drug-likeness (QED) is 0.524. The minimum atomic E-state index is 0.135. The van der Waals surface area contributed by atoms with E-state index in [1.807, 2.05) is 0 Å². The molecule has 1 heteroatoms. The van der Waals surface area contributed by atoms with Crippen LogP contribution in [0.4, 0.5) is 0 Å². The van der Waals surface area contributed by atoms with Crippen LogP contribution in [0.1, 0.15) is 100 Å². The fourth-order valence-corrected chi connectivity index (χ4v) is 2.83. The zero-order valence-electron chi connectivity index (χ0n) is 13.5. The average Bonchev–Trinajstić information content (AvgIpc) is 2.35. The van der Waals surface area contributed by atoms with Gasteiger partial charge in [-0.2, -0.15) is 0 Å². The highest BCUT2D eigenvalue weighted by Crippen LogP contribution is 2.39. The number of hydrogen-bond acceptors (Lipinski definition) is 0. The Morgan fingerprint density at radius 1 is 0.842 bits per heavy atom. The van der Waals surface area contributed by atoms with Gasteiger partial charge in [-0.1, -0.05) is 60.6 Å². The van der Waals surface area contributed by atoms with Gasteiger partial charge >= 0.3 is 0 Å². The Morgan fingerprint density at radius 3 is 1.53 bits per heavy atom. The van der Waals surface area contributed by atoms with Crippen LogP contribution in [0, 0.1) is 0 Å². The largest absolute Gasteiger partial charge is 0.118 e. The third kappa shape index (κ3) is 3.75. The van der Waals surface area contributed by atoms with Crippen LogP contribution in [0.3, 0.4) is 0 Å². The summed E-state index contributed by atoms with van der Waals surface area (Å²) in [5.74, 6) is 1.62. The summed E-state index contributed by atoms with van der Waals surface area (Å²) in [6, 6.07) is 4.75. The molecule has 0 amide bonds. The first-order valence-electron chi connectivity index (χ1n) is 7.61. The summed E-state index contributed by atoms with van der Waals surface area (Å²) in [7, 11) is 0. The SMILES string of the molecule is CCC(Cl)c1c(C(C)C)cc(C(C)C)cc1C(C)C. The summed E-state index contributed by atoms with van der Waals surface area (Å²) in [6.45, 7) is 15.8. The van der Waals surface area contributed by atoms with Gasteiger partial charge in [-0.25, -0.2) is 0 Å². The Morgan fingerprint density at radius 2 is 1.26 bits per heavy atom. The van der Waals surface area contributed by atoms with Crippen LogP contribution >= 0.6 is 11.6 Å². The van der Waals surface area contributed by atoms with Gasteiger partial charge in [0.05, 0.1) is 5.38 Å². The van der Waals surface area contributed by atoms with E-state index in [1.54, 1.807) is 0 Å². The number of hydrogen-bond donors (Lipinski definition) is 0. The fourth-order valence-electron chi connectivity index (χ4n) is 2.58. The van der Waals surface area contributed by atoms with Crippen molar-refractivity contribution in [2.75, 3.05) is 0 Å². The standard InChI is InChI=1S/C18H29Cl/c1-8-17(19)18-15(12(4)5)9-14(11(2)3)10-16(18)13(6)7/h9-13,17H,8H2,1-7H3. The van der Waals surface area contributed by atoms with E-state index >= 15 is 0 Å². The molecule has 108 valence electrons. The molecule has 0 spiro atoms. The van der Waals surface area contributed by atoms with Gasteiger partial charge < -0.3 is 0 Å². The van der Waals surface area contributed by atoms with E-state index in [0.29, 0.717) is 17.8 Å². The maximum atomic E-state index is 6.62. The highest BCUT2D eigenvalue weighted by atomic mass is 35.5. The Hall–Kier alpha value is -0.490. The van der Waals surface area contributed by atoms with E-state index in [4.69, 9.17) is 11.6 Å². The van der Waals surface area contributed by atoms with Crippen molar-refractivity contribution in [1.82, 2.24) is 0 Å². The third-order valence-electron chi connectivity index (χ3n) is 3.85. The van der Waals surface area contributed by atoms with Crippen LogP contribution in [0.25, 0.3) is 0 Å². The number of rotatable bonds is 5. The molecule has 1 rings (SSSR count). The van der Waals surface area contributed by atoms with Crippen molar-refractivity contribution in [3.05, 3.63) is 34.4 Å². The molecule has 1 atom stereocenters. The summed E-state index contributed by atoms with van der Waals surface area (Å²) in [5, 5.41) is 0.135. The Kier molecular flexibility index (Phi) is 5.92. The van der Waals surface area contributed by atoms with Crippen LogP contribution in [-0.4, -0.2) is 0 Å². The van der Waals surface area contributed by atoms with Crippen molar-refractivity contribution in [1.29, 1.82) is 0 Å². The highest BCUT2D eigenvalue weighted by molar-refractivity contribution is 6.21. The maximum absolute atomic E-state index is 6.62. The van der Waals surface area contributed by atoms with Crippen molar-refractivity contribution < 1.29 is 0 Å². The van der Waals surface area contributed by atoms with Crippen molar-refractivity contribution in [3.8, 4) is 0 Å². The molecule has 0 radical (unpaired) electrons. The molecule has 0 fully saturated rings. The molecule has 0 N–H and O–H groups in total. The first-order valence-corrected chi connectivity index (χ1v) is 8.04. The molecular formula is C18H29Cl. The van der Waals surface area contributed by atoms with Gasteiger partial charge in [0.15, 0.2) is 0 Å². The summed E-state index contributed by atoms with van der Waals surface area (Å²) in [6.07, 6.45) is 0.988. The van der Waals surface area contributed by atoms with E-state index in [2.05, 4.69) is 60.6 Å². The third-order valence-corrected chi connectivity index (χ3v) is 4.38. The normalized spacial score (nSPS) is 13.6. The van der Waals surface area contributed by atoms with E-state index in [1.165, 1.54) is 22.3 Å². The van der Waals surface area contributed by atoms with E-state index in [-0.39, 0.29) is 5.38 Å². The molecule has 19 heavy (non-hydrogen) atoms. The van der Waals surface area contributed by atoms with Gasteiger partial charge in [0, 0.05) is 0 Å². The first-order chi connectivity index (χ1) is 8.79. The van der Waals surface area contributed by atoms with Crippen molar-refractivity contribution in [2.24, 2.45) is 0 Å². The molecule has 0 heterocycles. The molecule has 0 saturated carbocycles. The highest BCUT2D eigenvalue weighted by Gasteiger charge is 2.21. The van der Waals surface area contributed by atoms with Crippen LogP contribution in [0.2, 0.25) is 0 Å². The van der Waals surface area contributed by atoms with Gasteiger partial charge in [0.25, 0.3) is 0 Å². The lowest BCUT2D eigenvalue weighted by atomic mass is 9.83. The molecule has 1 aromatic carbocycles. The summed E-state index contributed by atoms with van der Waals surface area (Å²) < 4.78 is 0. The molecule has 0 nitrogen and oxygen atoms in total. The van der Waals surface area contributed by atoms with Gasteiger partial charge in [-0.3, -0.25) is 0 Å². The molecule has 0 saturated heterocycles.